The molecule has 0 saturated carbocycles. The second kappa shape index (κ2) is 20.9. The number of fused-ring (bicyclic) bond motifs is 6. The molecule has 0 spiro atoms. The van der Waals surface area contributed by atoms with E-state index in [9.17, 15) is 0 Å². The van der Waals surface area contributed by atoms with Gasteiger partial charge in [-0.25, -0.2) is 9.97 Å². The van der Waals surface area contributed by atoms with Crippen LogP contribution in [0.15, 0.2) is 330 Å². The molecule has 0 N–H and O–H groups in total. The van der Waals surface area contributed by atoms with Crippen LogP contribution in [0.5, 0.6) is 0 Å². The number of benzene rings is 11. The summed E-state index contributed by atoms with van der Waals surface area (Å²) in [5.41, 5.74) is 7.73. The third-order valence-corrected chi connectivity index (χ3v) is 24.4. The van der Waals surface area contributed by atoms with Gasteiger partial charge in [-0.15, -0.1) is 20.1 Å². The fourth-order valence-corrected chi connectivity index (χ4v) is 20.5. The molecule has 0 aliphatic rings. The Balaban J connectivity index is 1.18. The van der Waals surface area contributed by atoms with Crippen molar-refractivity contribution in [1.82, 2.24) is 19.1 Å². The summed E-state index contributed by atoms with van der Waals surface area (Å²) in [6.07, 6.45) is 0. The monoisotopic (exact) mass is 1120 g/mol. The van der Waals surface area contributed by atoms with Crippen LogP contribution >= 0.6 is 20.1 Å². The quantitative estimate of drug-likeness (QED) is 0.129. The topological polar surface area (TPSA) is 35.6 Å². The zero-order chi connectivity index (χ0) is 57.2. The van der Waals surface area contributed by atoms with Crippen molar-refractivity contribution < 1.29 is 0 Å². The number of para-hydroxylation sites is 2. The molecule has 6 heteroatoms. The standard InChI is InChI=1S/C78H66N4S2/c1-77(2,3)56-45-47-72-68(51-56)69-52-57(78(4,5)6)46-48-73(69)82(72)75-54-74(81-70-43-27-25-41-66(70)67-42-26-28-44-71(67)81)79-76(80-75)55-49-64(83(58-29-13-7-14-30-58,59-31-15-8-16-32-59)60-33-17-9-18-34-60)53-65(50-55)84(61-35-19-10-20-36-61,62-37-21-11-22-38-62)63-39-23-12-24-40-63/h7-54H,1-6H3. The summed E-state index contributed by atoms with van der Waals surface area (Å²) in [4.78, 5) is 21.7. The Bertz CT molecular complexity index is 4250. The van der Waals surface area contributed by atoms with E-state index in [0.29, 0.717) is 5.82 Å². The molecule has 3 heterocycles. The van der Waals surface area contributed by atoms with Gasteiger partial charge < -0.3 is 0 Å². The molecule has 0 aliphatic carbocycles. The minimum Gasteiger partial charge on any atom is -0.294 e. The fourth-order valence-electron chi connectivity index (χ4n) is 12.6. The van der Waals surface area contributed by atoms with Crippen LogP contribution in [0.3, 0.4) is 0 Å². The van der Waals surface area contributed by atoms with Crippen molar-refractivity contribution in [3.05, 3.63) is 302 Å². The van der Waals surface area contributed by atoms with Crippen molar-refractivity contribution in [1.29, 1.82) is 0 Å². The van der Waals surface area contributed by atoms with Crippen LogP contribution in [0.25, 0.3) is 66.6 Å². The molecular formula is C78H66N4S2. The van der Waals surface area contributed by atoms with E-state index in [-0.39, 0.29) is 10.8 Å². The molecule has 84 heavy (non-hydrogen) atoms. The van der Waals surface area contributed by atoms with Gasteiger partial charge in [-0.3, -0.25) is 9.13 Å². The summed E-state index contributed by atoms with van der Waals surface area (Å²) in [6, 6.07) is 109. The van der Waals surface area contributed by atoms with E-state index in [4.69, 9.17) is 9.97 Å². The summed E-state index contributed by atoms with van der Waals surface area (Å²) in [6.45, 7) is 13.8. The molecule has 0 bridgehead atoms. The second-order valence-corrected chi connectivity index (χ2v) is 30.1. The van der Waals surface area contributed by atoms with Crippen LogP contribution in [-0.4, -0.2) is 19.1 Å². The maximum absolute atomic E-state index is 6.00. The van der Waals surface area contributed by atoms with Gasteiger partial charge in [0.2, 0.25) is 0 Å². The molecule has 14 rings (SSSR count). The molecule has 0 radical (unpaired) electrons. The molecule has 0 amide bonds. The predicted molar refractivity (Wildman–Crippen MR) is 354 cm³/mol. The maximum atomic E-state index is 6.00. The van der Waals surface area contributed by atoms with Crippen molar-refractivity contribution >= 4 is 63.7 Å². The van der Waals surface area contributed by atoms with Gasteiger partial charge in [-0.2, -0.15) is 0 Å². The van der Waals surface area contributed by atoms with Gasteiger partial charge in [-0.05, 0) is 149 Å². The number of hydrogen-bond donors (Lipinski definition) is 0. The van der Waals surface area contributed by atoms with E-state index in [2.05, 4.69) is 342 Å². The van der Waals surface area contributed by atoms with E-state index in [1.165, 1.54) is 71.8 Å². The zero-order valence-corrected chi connectivity index (χ0v) is 50.0. The molecule has 0 saturated heterocycles. The molecule has 0 atom stereocenters. The first-order chi connectivity index (χ1) is 40.9. The van der Waals surface area contributed by atoms with Gasteiger partial charge in [0.15, 0.2) is 5.82 Å². The van der Waals surface area contributed by atoms with Crippen LogP contribution in [0.2, 0.25) is 0 Å². The Kier molecular flexibility index (Phi) is 13.1. The van der Waals surface area contributed by atoms with E-state index < -0.39 is 20.1 Å². The Morgan fingerprint density at radius 1 is 0.262 bits per heavy atom. The molecule has 4 nitrogen and oxygen atoms in total. The maximum Gasteiger partial charge on any atom is 0.163 e. The molecule has 14 aromatic rings. The van der Waals surface area contributed by atoms with Crippen LogP contribution < -0.4 is 0 Å². The highest BCUT2D eigenvalue weighted by Gasteiger charge is 2.39. The zero-order valence-electron chi connectivity index (χ0n) is 48.3. The highest BCUT2D eigenvalue weighted by Crippen LogP contribution is 2.78. The Hall–Kier alpha value is -9.20. The minimum atomic E-state index is -2.28. The van der Waals surface area contributed by atoms with E-state index >= 15 is 0 Å². The lowest BCUT2D eigenvalue weighted by molar-refractivity contribution is 0.590. The first kappa shape index (κ1) is 52.8. The minimum absolute atomic E-state index is 0.0638. The Morgan fingerprint density at radius 2 is 0.548 bits per heavy atom. The lowest BCUT2D eigenvalue weighted by Crippen LogP contribution is -2.11. The summed E-state index contributed by atoms with van der Waals surface area (Å²) < 4.78 is 4.76. The van der Waals surface area contributed by atoms with Gasteiger partial charge in [0, 0.05) is 72.3 Å². The average molecular weight is 1120 g/mol. The first-order valence-corrected chi connectivity index (χ1v) is 32.3. The largest absolute Gasteiger partial charge is 0.294 e. The van der Waals surface area contributed by atoms with Crippen LogP contribution in [-0.2, 0) is 10.8 Å². The number of aromatic nitrogens is 4. The fraction of sp³-hybridized carbons (Fsp3) is 0.103. The molecule has 0 unspecified atom stereocenters. The van der Waals surface area contributed by atoms with Crippen molar-refractivity contribution in [2.75, 3.05) is 0 Å². The van der Waals surface area contributed by atoms with E-state index in [1.54, 1.807) is 0 Å². The predicted octanol–water partition coefficient (Wildman–Crippen LogP) is 21.6. The number of hydrogen-bond acceptors (Lipinski definition) is 2. The third kappa shape index (κ3) is 8.78. The highest BCUT2D eigenvalue weighted by molar-refractivity contribution is 8.34. The third-order valence-electron chi connectivity index (χ3n) is 16.7. The van der Waals surface area contributed by atoms with E-state index in [1.807, 2.05) is 0 Å². The normalized spacial score (nSPS) is 12.8. The van der Waals surface area contributed by atoms with Gasteiger partial charge in [0.25, 0.3) is 0 Å². The van der Waals surface area contributed by atoms with Crippen molar-refractivity contribution in [3.63, 3.8) is 0 Å². The molecule has 11 aromatic carbocycles. The highest BCUT2D eigenvalue weighted by atomic mass is 32.3. The number of nitrogens with zero attached hydrogens (tertiary/aromatic N) is 4. The van der Waals surface area contributed by atoms with Crippen LogP contribution in [0.4, 0.5) is 0 Å². The van der Waals surface area contributed by atoms with Crippen molar-refractivity contribution in [2.24, 2.45) is 0 Å². The SMILES string of the molecule is CC(C)(C)c1ccc2c(c1)c1cc(C(C)(C)C)ccc1n2-c1cc(-n2c3ccccc3c3ccccc32)nc(-c2cc(S(c3ccccc3)(c3ccccc3)c3ccccc3)cc(S(c3ccccc3)(c3ccccc3)c3ccccc3)c2)n1. The average Bonchev–Trinajstić information content (AvgIpc) is 1.27. The lowest BCUT2D eigenvalue weighted by atomic mass is 9.85. The molecule has 410 valence electrons. The van der Waals surface area contributed by atoms with Crippen molar-refractivity contribution in [3.8, 4) is 23.0 Å². The smallest absolute Gasteiger partial charge is 0.163 e. The van der Waals surface area contributed by atoms with Gasteiger partial charge in [0.1, 0.15) is 11.6 Å². The molecule has 3 aromatic heterocycles. The van der Waals surface area contributed by atoms with Crippen LogP contribution in [0, 0.1) is 0 Å². The molecule has 0 aliphatic heterocycles. The lowest BCUT2D eigenvalue weighted by Gasteiger charge is -2.45. The summed E-state index contributed by atoms with van der Waals surface area (Å²) in [7, 11) is -4.56. The Labute approximate surface area is 496 Å². The summed E-state index contributed by atoms with van der Waals surface area (Å²) in [5.74, 6) is 2.20. The van der Waals surface area contributed by atoms with E-state index in [0.717, 1.165) is 39.3 Å². The van der Waals surface area contributed by atoms with Gasteiger partial charge in [-0.1, -0.05) is 199 Å². The summed E-state index contributed by atoms with van der Waals surface area (Å²) >= 11 is 0. The Morgan fingerprint density at radius 3 is 0.857 bits per heavy atom. The first-order valence-electron chi connectivity index (χ1n) is 29.0. The van der Waals surface area contributed by atoms with Crippen LogP contribution in [0.1, 0.15) is 52.7 Å². The molecular weight excluding hydrogens is 1060 g/mol. The second-order valence-electron chi connectivity index (χ2n) is 23.9. The van der Waals surface area contributed by atoms with Gasteiger partial charge >= 0.3 is 0 Å². The van der Waals surface area contributed by atoms with Gasteiger partial charge in [0.05, 0.1) is 22.1 Å². The summed E-state index contributed by atoms with van der Waals surface area (Å²) in [5, 5.41) is 4.75. The molecule has 0 fully saturated rings. The van der Waals surface area contributed by atoms with Crippen molar-refractivity contribution in [2.45, 2.75) is 91.5 Å². The number of rotatable bonds is 11.